The summed E-state index contributed by atoms with van der Waals surface area (Å²) in [6, 6.07) is 3.77. The number of benzene rings is 1. The van der Waals surface area contributed by atoms with Crippen LogP contribution in [0.15, 0.2) is 36.7 Å². The predicted molar refractivity (Wildman–Crippen MR) is 61.5 cm³/mol. The van der Waals surface area contributed by atoms with Gasteiger partial charge in [-0.1, -0.05) is 0 Å². The minimum Gasteiger partial charge on any atom is -0.309 e. The van der Waals surface area contributed by atoms with E-state index < -0.39 is 23.5 Å². The summed E-state index contributed by atoms with van der Waals surface area (Å²) in [5.41, 5.74) is 0.277. The van der Waals surface area contributed by atoms with Gasteiger partial charge in [0.2, 0.25) is 0 Å². The normalized spacial score (nSPS) is 12.4. The Labute approximate surface area is 102 Å². The highest BCUT2D eigenvalue weighted by atomic mass is 19.1. The molecule has 0 spiro atoms. The van der Waals surface area contributed by atoms with Gasteiger partial charge >= 0.3 is 0 Å². The molecule has 0 aliphatic rings. The number of nitrogens with zero attached hydrogens (tertiary/aromatic N) is 1. The van der Waals surface area contributed by atoms with E-state index in [4.69, 9.17) is 0 Å². The van der Waals surface area contributed by atoms with Crippen molar-refractivity contribution in [1.82, 2.24) is 10.3 Å². The largest absolute Gasteiger partial charge is 0.309 e. The molecule has 1 aromatic heterocycles. The molecule has 0 aliphatic carbocycles. The van der Waals surface area contributed by atoms with E-state index in [2.05, 4.69) is 10.3 Å². The molecule has 0 radical (unpaired) electrons. The first-order chi connectivity index (χ1) is 8.63. The number of pyridine rings is 1. The molecule has 0 saturated heterocycles. The lowest BCUT2D eigenvalue weighted by Crippen LogP contribution is -2.20. The van der Waals surface area contributed by atoms with Crippen molar-refractivity contribution in [2.45, 2.75) is 6.04 Å². The number of halogens is 3. The summed E-state index contributed by atoms with van der Waals surface area (Å²) in [6.45, 7) is 0. The molecule has 2 rings (SSSR count). The second kappa shape index (κ2) is 5.18. The summed E-state index contributed by atoms with van der Waals surface area (Å²) >= 11 is 0. The molecule has 18 heavy (non-hydrogen) atoms. The first kappa shape index (κ1) is 12.6. The van der Waals surface area contributed by atoms with Crippen LogP contribution in [0.4, 0.5) is 13.2 Å². The van der Waals surface area contributed by atoms with Crippen LogP contribution in [0.2, 0.25) is 0 Å². The second-order valence-corrected chi connectivity index (χ2v) is 3.78. The van der Waals surface area contributed by atoms with Gasteiger partial charge in [0.15, 0.2) is 0 Å². The Balaban J connectivity index is 2.52. The van der Waals surface area contributed by atoms with Gasteiger partial charge in [0, 0.05) is 17.3 Å². The predicted octanol–water partition coefficient (Wildman–Crippen LogP) is 2.81. The molecule has 1 aromatic carbocycles. The maximum atomic E-state index is 13.7. The summed E-state index contributed by atoms with van der Waals surface area (Å²) in [6.07, 6.45) is 2.44. The van der Waals surface area contributed by atoms with Crippen molar-refractivity contribution in [2.24, 2.45) is 0 Å². The van der Waals surface area contributed by atoms with Gasteiger partial charge in [-0.3, -0.25) is 4.98 Å². The molecule has 1 N–H and O–H groups in total. The Kier molecular flexibility index (Phi) is 3.62. The van der Waals surface area contributed by atoms with Crippen LogP contribution in [0.1, 0.15) is 17.2 Å². The summed E-state index contributed by atoms with van der Waals surface area (Å²) in [4.78, 5) is 3.62. The highest BCUT2D eigenvalue weighted by molar-refractivity contribution is 5.32. The Bertz CT molecular complexity index is 558. The average molecular weight is 252 g/mol. The minimum absolute atomic E-state index is 0.0580. The number of aromatic nitrogens is 1. The number of hydrogen-bond donors (Lipinski definition) is 1. The fourth-order valence-electron chi connectivity index (χ4n) is 1.83. The van der Waals surface area contributed by atoms with Gasteiger partial charge in [-0.25, -0.2) is 13.2 Å². The summed E-state index contributed by atoms with van der Waals surface area (Å²) in [7, 11) is 1.55. The van der Waals surface area contributed by atoms with E-state index in [1.165, 1.54) is 12.3 Å². The lowest BCUT2D eigenvalue weighted by molar-refractivity contribution is 0.535. The molecule has 0 saturated carbocycles. The second-order valence-electron chi connectivity index (χ2n) is 3.78. The zero-order valence-electron chi connectivity index (χ0n) is 9.62. The van der Waals surface area contributed by atoms with Crippen LogP contribution in [0.3, 0.4) is 0 Å². The van der Waals surface area contributed by atoms with Crippen molar-refractivity contribution in [3.8, 4) is 0 Å². The van der Waals surface area contributed by atoms with Gasteiger partial charge in [0.1, 0.15) is 17.5 Å². The third-order valence-corrected chi connectivity index (χ3v) is 2.67. The molecule has 0 amide bonds. The third-order valence-electron chi connectivity index (χ3n) is 2.67. The van der Waals surface area contributed by atoms with Gasteiger partial charge in [0.25, 0.3) is 0 Å². The molecule has 0 aliphatic heterocycles. The SMILES string of the molecule is CNC(c1ccncc1F)c1cc(F)ccc1F. The lowest BCUT2D eigenvalue weighted by atomic mass is 9.99. The average Bonchev–Trinajstić information content (AvgIpc) is 2.36. The van der Waals surface area contributed by atoms with Crippen molar-refractivity contribution in [3.63, 3.8) is 0 Å². The van der Waals surface area contributed by atoms with Crippen LogP contribution >= 0.6 is 0 Å². The van der Waals surface area contributed by atoms with Crippen LogP contribution in [-0.4, -0.2) is 12.0 Å². The molecule has 94 valence electrons. The van der Waals surface area contributed by atoms with Crippen molar-refractivity contribution in [3.05, 3.63) is 65.2 Å². The van der Waals surface area contributed by atoms with Gasteiger partial charge in [-0.05, 0) is 31.3 Å². The molecular weight excluding hydrogens is 241 g/mol. The zero-order chi connectivity index (χ0) is 13.1. The fraction of sp³-hybridized carbons (Fsp3) is 0.154. The van der Waals surface area contributed by atoms with Crippen molar-refractivity contribution in [2.75, 3.05) is 7.05 Å². The summed E-state index contributed by atoms with van der Waals surface area (Å²) in [5, 5.41) is 2.77. The molecule has 1 atom stereocenters. The molecule has 5 heteroatoms. The van der Waals surface area contributed by atoms with Gasteiger partial charge in [-0.2, -0.15) is 0 Å². The van der Waals surface area contributed by atoms with E-state index in [0.29, 0.717) is 0 Å². The van der Waals surface area contributed by atoms with Gasteiger partial charge < -0.3 is 5.32 Å². The Hall–Kier alpha value is -1.88. The topological polar surface area (TPSA) is 24.9 Å². The van der Waals surface area contributed by atoms with E-state index in [1.54, 1.807) is 7.05 Å². The highest BCUT2D eigenvalue weighted by Crippen LogP contribution is 2.26. The molecule has 0 bridgehead atoms. The number of hydrogen-bond acceptors (Lipinski definition) is 2. The van der Waals surface area contributed by atoms with Crippen molar-refractivity contribution < 1.29 is 13.2 Å². The molecule has 0 fully saturated rings. The number of nitrogens with one attached hydrogen (secondary N) is 1. The van der Waals surface area contributed by atoms with Crippen LogP contribution in [0.25, 0.3) is 0 Å². The molecule has 1 unspecified atom stereocenters. The first-order valence-corrected chi connectivity index (χ1v) is 5.35. The van der Waals surface area contributed by atoms with E-state index in [0.717, 1.165) is 24.4 Å². The van der Waals surface area contributed by atoms with E-state index in [1.807, 2.05) is 0 Å². The number of rotatable bonds is 3. The molecule has 2 nitrogen and oxygen atoms in total. The quantitative estimate of drug-likeness (QED) is 0.908. The molecular formula is C13H11F3N2. The Morgan fingerprint density at radius 1 is 1.06 bits per heavy atom. The van der Waals surface area contributed by atoms with E-state index in [-0.39, 0.29) is 11.1 Å². The smallest absolute Gasteiger partial charge is 0.146 e. The van der Waals surface area contributed by atoms with E-state index >= 15 is 0 Å². The van der Waals surface area contributed by atoms with Crippen LogP contribution in [0, 0.1) is 17.5 Å². The van der Waals surface area contributed by atoms with Crippen LogP contribution in [-0.2, 0) is 0 Å². The maximum Gasteiger partial charge on any atom is 0.146 e. The Morgan fingerprint density at radius 2 is 1.83 bits per heavy atom. The highest BCUT2D eigenvalue weighted by Gasteiger charge is 2.20. The monoisotopic (exact) mass is 252 g/mol. The fourth-order valence-corrected chi connectivity index (χ4v) is 1.83. The lowest BCUT2D eigenvalue weighted by Gasteiger charge is -2.18. The van der Waals surface area contributed by atoms with Crippen LogP contribution in [0.5, 0.6) is 0 Å². The summed E-state index contributed by atoms with van der Waals surface area (Å²) < 4.78 is 40.5. The minimum atomic E-state index is -0.760. The van der Waals surface area contributed by atoms with Crippen molar-refractivity contribution >= 4 is 0 Å². The maximum absolute atomic E-state index is 13.7. The van der Waals surface area contributed by atoms with E-state index in [9.17, 15) is 13.2 Å². The molecule has 1 heterocycles. The standard InChI is InChI=1S/C13H11F3N2/c1-17-13(9-4-5-18-7-12(9)16)10-6-8(14)2-3-11(10)15/h2-7,13,17H,1H3. The first-order valence-electron chi connectivity index (χ1n) is 5.35. The van der Waals surface area contributed by atoms with Crippen molar-refractivity contribution in [1.29, 1.82) is 0 Å². The molecule has 2 aromatic rings. The van der Waals surface area contributed by atoms with Gasteiger partial charge in [-0.15, -0.1) is 0 Å². The Morgan fingerprint density at radius 3 is 2.50 bits per heavy atom. The van der Waals surface area contributed by atoms with Crippen LogP contribution < -0.4 is 5.32 Å². The van der Waals surface area contributed by atoms with Gasteiger partial charge in [0.05, 0.1) is 12.2 Å². The summed E-state index contributed by atoms with van der Waals surface area (Å²) in [5.74, 6) is -1.73. The zero-order valence-corrected chi connectivity index (χ0v) is 9.62. The third kappa shape index (κ3) is 2.36.